The van der Waals surface area contributed by atoms with Crippen molar-refractivity contribution in [3.8, 4) is 0 Å². The molecule has 0 saturated heterocycles. The Bertz CT molecular complexity index is 1160. The number of amides is 2. The predicted octanol–water partition coefficient (Wildman–Crippen LogP) is 5.06. The summed E-state index contributed by atoms with van der Waals surface area (Å²) >= 11 is 0. The molecule has 2 N–H and O–H groups in total. The number of nitrogens with one attached hydrogen (secondary N) is 2. The molecule has 0 aliphatic carbocycles. The standard InChI is InChI=1S/C25H26N6O2/c1-16-14-30(28-18(16)3)24(32)26-22-9-5-20(6-10-22)13-21-7-11-23(12-8-21)27-25(33)31-15-17(2)19(4)29-31/h5-12,14-15H,13H2,1-4H3,(H,26,32)(H,27,33). The molecule has 33 heavy (non-hydrogen) atoms. The molecule has 168 valence electrons. The first-order chi connectivity index (χ1) is 15.8. The van der Waals surface area contributed by atoms with E-state index in [-0.39, 0.29) is 12.1 Å². The highest BCUT2D eigenvalue weighted by Crippen LogP contribution is 2.17. The summed E-state index contributed by atoms with van der Waals surface area (Å²) in [4.78, 5) is 24.7. The summed E-state index contributed by atoms with van der Waals surface area (Å²) in [5.41, 5.74) is 7.23. The van der Waals surface area contributed by atoms with E-state index < -0.39 is 0 Å². The van der Waals surface area contributed by atoms with E-state index in [1.54, 1.807) is 12.4 Å². The van der Waals surface area contributed by atoms with E-state index in [9.17, 15) is 9.59 Å². The van der Waals surface area contributed by atoms with Crippen molar-refractivity contribution in [2.75, 3.05) is 10.6 Å². The smallest absolute Gasteiger partial charge is 0.306 e. The van der Waals surface area contributed by atoms with Crippen LogP contribution in [0.1, 0.15) is 33.6 Å². The fraction of sp³-hybridized carbons (Fsp3) is 0.200. The van der Waals surface area contributed by atoms with Crippen molar-refractivity contribution in [3.05, 3.63) is 94.6 Å². The van der Waals surface area contributed by atoms with Gasteiger partial charge in [-0.15, -0.1) is 0 Å². The van der Waals surface area contributed by atoms with Crippen molar-refractivity contribution in [1.82, 2.24) is 19.6 Å². The fourth-order valence-corrected chi connectivity index (χ4v) is 3.31. The lowest BCUT2D eigenvalue weighted by Crippen LogP contribution is -2.20. The van der Waals surface area contributed by atoms with Crippen LogP contribution in [0, 0.1) is 27.7 Å². The van der Waals surface area contributed by atoms with Crippen LogP contribution in [0.15, 0.2) is 60.9 Å². The van der Waals surface area contributed by atoms with Crippen LogP contribution in [0.25, 0.3) is 0 Å². The Morgan fingerprint density at radius 1 is 0.667 bits per heavy atom. The molecular formula is C25H26N6O2. The zero-order chi connectivity index (χ0) is 23.5. The zero-order valence-electron chi connectivity index (χ0n) is 19.1. The minimum atomic E-state index is -0.294. The summed E-state index contributed by atoms with van der Waals surface area (Å²) in [7, 11) is 0. The van der Waals surface area contributed by atoms with Crippen LogP contribution in [0.2, 0.25) is 0 Å². The molecule has 4 rings (SSSR count). The second-order valence-corrected chi connectivity index (χ2v) is 8.12. The third-order valence-electron chi connectivity index (χ3n) is 5.52. The molecule has 8 heteroatoms. The highest BCUT2D eigenvalue weighted by atomic mass is 16.2. The molecule has 0 unspecified atom stereocenters. The molecule has 0 radical (unpaired) electrons. The number of carbonyl (C=O) groups is 2. The van der Waals surface area contributed by atoms with E-state index in [1.807, 2.05) is 76.2 Å². The average molecular weight is 443 g/mol. The van der Waals surface area contributed by atoms with Gasteiger partial charge in [0, 0.05) is 23.8 Å². The van der Waals surface area contributed by atoms with Gasteiger partial charge in [-0.1, -0.05) is 24.3 Å². The molecule has 2 heterocycles. The van der Waals surface area contributed by atoms with Gasteiger partial charge in [0.15, 0.2) is 0 Å². The Hall–Kier alpha value is -4.20. The maximum absolute atomic E-state index is 12.3. The van der Waals surface area contributed by atoms with Crippen LogP contribution in [-0.4, -0.2) is 31.6 Å². The molecule has 2 aromatic carbocycles. The number of aryl methyl sites for hydroxylation is 4. The molecule has 0 fully saturated rings. The van der Waals surface area contributed by atoms with Gasteiger partial charge in [-0.2, -0.15) is 19.6 Å². The zero-order valence-corrected chi connectivity index (χ0v) is 19.1. The number of hydrogen-bond donors (Lipinski definition) is 2. The highest BCUT2D eigenvalue weighted by molar-refractivity contribution is 5.91. The van der Waals surface area contributed by atoms with Gasteiger partial charge >= 0.3 is 12.1 Å². The minimum Gasteiger partial charge on any atom is -0.306 e. The van der Waals surface area contributed by atoms with E-state index in [1.165, 1.54) is 9.36 Å². The summed E-state index contributed by atoms with van der Waals surface area (Å²) in [5.74, 6) is 0. The van der Waals surface area contributed by atoms with E-state index >= 15 is 0 Å². The van der Waals surface area contributed by atoms with Gasteiger partial charge in [0.2, 0.25) is 0 Å². The van der Waals surface area contributed by atoms with Gasteiger partial charge in [-0.25, -0.2) is 9.59 Å². The van der Waals surface area contributed by atoms with Gasteiger partial charge in [0.05, 0.1) is 11.4 Å². The first kappa shape index (κ1) is 22.0. The number of carbonyl (C=O) groups excluding carboxylic acids is 2. The summed E-state index contributed by atoms with van der Waals surface area (Å²) in [5, 5.41) is 14.1. The number of hydrogen-bond acceptors (Lipinski definition) is 4. The van der Waals surface area contributed by atoms with E-state index in [2.05, 4.69) is 20.8 Å². The molecule has 0 saturated carbocycles. The molecule has 0 bridgehead atoms. The molecule has 4 aromatic rings. The Balaban J connectivity index is 1.34. The number of rotatable bonds is 4. The second kappa shape index (κ2) is 9.12. The summed E-state index contributed by atoms with van der Waals surface area (Å²) in [6, 6.07) is 14.8. The maximum atomic E-state index is 12.3. The Morgan fingerprint density at radius 3 is 1.33 bits per heavy atom. The van der Waals surface area contributed by atoms with E-state index in [0.29, 0.717) is 11.4 Å². The number of anilines is 2. The third-order valence-corrected chi connectivity index (χ3v) is 5.52. The number of benzene rings is 2. The van der Waals surface area contributed by atoms with Gasteiger partial charge in [-0.05, 0) is 80.6 Å². The van der Waals surface area contributed by atoms with Crippen LogP contribution >= 0.6 is 0 Å². The monoisotopic (exact) mass is 442 g/mol. The first-order valence-electron chi connectivity index (χ1n) is 10.6. The lowest BCUT2D eigenvalue weighted by Gasteiger charge is -2.08. The van der Waals surface area contributed by atoms with Crippen LogP contribution in [0.5, 0.6) is 0 Å². The minimum absolute atomic E-state index is 0.294. The van der Waals surface area contributed by atoms with Crippen molar-refractivity contribution >= 4 is 23.4 Å². The van der Waals surface area contributed by atoms with Crippen LogP contribution in [-0.2, 0) is 6.42 Å². The van der Waals surface area contributed by atoms with Crippen molar-refractivity contribution in [2.24, 2.45) is 0 Å². The molecule has 0 aliphatic rings. The quantitative estimate of drug-likeness (QED) is 0.462. The average Bonchev–Trinajstić information content (AvgIpc) is 3.32. The first-order valence-corrected chi connectivity index (χ1v) is 10.6. The topological polar surface area (TPSA) is 93.8 Å². The Morgan fingerprint density at radius 2 is 1.03 bits per heavy atom. The maximum Gasteiger partial charge on any atom is 0.346 e. The molecule has 0 atom stereocenters. The normalized spacial score (nSPS) is 10.8. The molecule has 0 spiro atoms. The van der Waals surface area contributed by atoms with Crippen molar-refractivity contribution in [2.45, 2.75) is 34.1 Å². The molecular weight excluding hydrogens is 416 g/mol. The van der Waals surface area contributed by atoms with Crippen molar-refractivity contribution < 1.29 is 9.59 Å². The molecule has 2 amide bonds. The number of aromatic nitrogens is 4. The van der Waals surface area contributed by atoms with Gasteiger partial charge in [-0.3, -0.25) is 0 Å². The van der Waals surface area contributed by atoms with Crippen molar-refractivity contribution in [1.29, 1.82) is 0 Å². The van der Waals surface area contributed by atoms with Gasteiger partial charge < -0.3 is 10.6 Å². The predicted molar refractivity (Wildman–Crippen MR) is 128 cm³/mol. The number of nitrogens with zero attached hydrogens (tertiary/aromatic N) is 4. The van der Waals surface area contributed by atoms with E-state index in [0.717, 1.165) is 40.1 Å². The van der Waals surface area contributed by atoms with Crippen LogP contribution < -0.4 is 10.6 Å². The lowest BCUT2D eigenvalue weighted by atomic mass is 10.0. The third kappa shape index (κ3) is 5.17. The Kier molecular flexibility index (Phi) is 6.08. The van der Waals surface area contributed by atoms with Crippen LogP contribution in [0.4, 0.5) is 21.0 Å². The van der Waals surface area contributed by atoms with E-state index in [4.69, 9.17) is 0 Å². The molecule has 8 nitrogen and oxygen atoms in total. The fourth-order valence-electron chi connectivity index (χ4n) is 3.31. The molecule has 0 aliphatic heterocycles. The van der Waals surface area contributed by atoms with Crippen molar-refractivity contribution in [3.63, 3.8) is 0 Å². The lowest BCUT2D eigenvalue weighted by molar-refractivity contribution is 0.250. The SMILES string of the molecule is Cc1cn(C(=O)Nc2ccc(Cc3ccc(NC(=O)n4cc(C)c(C)n4)cc3)cc2)nc1C. The summed E-state index contributed by atoms with van der Waals surface area (Å²) in [6.07, 6.45) is 4.15. The Labute approximate surface area is 192 Å². The largest absolute Gasteiger partial charge is 0.346 e. The second-order valence-electron chi connectivity index (χ2n) is 8.12. The van der Waals surface area contributed by atoms with Gasteiger partial charge in [0.1, 0.15) is 0 Å². The summed E-state index contributed by atoms with van der Waals surface area (Å²) < 4.78 is 2.63. The molecule has 2 aromatic heterocycles. The van der Waals surface area contributed by atoms with Crippen LogP contribution in [0.3, 0.4) is 0 Å². The van der Waals surface area contributed by atoms with Gasteiger partial charge in [0.25, 0.3) is 0 Å². The summed E-state index contributed by atoms with van der Waals surface area (Å²) in [6.45, 7) is 7.58. The highest BCUT2D eigenvalue weighted by Gasteiger charge is 2.10.